The van der Waals surface area contributed by atoms with Gasteiger partial charge in [0.2, 0.25) is 0 Å². The zero-order valence-corrected chi connectivity index (χ0v) is 12.5. The summed E-state index contributed by atoms with van der Waals surface area (Å²) >= 11 is 3.22. The Morgan fingerprint density at radius 1 is 1.39 bits per heavy atom. The molecule has 2 nitrogen and oxygen atoms in total. The monoisotopic (exact) mass is 316 g/mol. The maximum absolute atomic E-state index is 13.2. The minimum Gasteiger partial charge on any atom is -0.370 e. The van der Waals surface area contributed by atoms with Gasteiger partial charge in [0.25, 0.3) is 0 Å². The summed E-state index contributed by atoms with van der Waals surface area (Å²) in [5, 5.41) is 0. The van der Waals surface area contributed by atoms with E-state index in [9.17, 15) is 9.18 Å². The molecule has 0 aliphatic heterocycles. The van der Waals surface area contributed by atoms with Crippen LogP contribution in [0, 0.1) is 11.7 Å². The lowest BCUT2D eigenvalue weighted by molar-refractivity contribution is -0.132. The number of halogens is 2. The van der Waals surface area contributed by atoms with Crippen LogP contribution in [0.15, 0.2) is 22.7 Å². The van der Waals surface area contributed by atoms with Crippen LogP contribution in [0.4, 0.5) is 4.39 Å². The summed E-state index contributed by atoms with van der Waals surface area (Å²) in [6.45, 7) is 6.25. The summed E-state index contributed by atoms with van der Waals surface area (Å²) in [6.07, 6.45) is -0.226. The topological polar surface area (TPSA) is 26.3 Å². The molecule has 0 aliphatic carbocycles. The average molecular weight is 317 g/mol. The lowest BCUT2D eigenvalue weighted by Crippen LogP contribution is -2.31. The van der Waals surface area contributed by atoms with Gasteiger partial charge in [-0.05, 0) is 36.6 Å². The van der Waals surface area contributed by atoms with E-state index < -0.39 is 6.10 Å². The molecule has 0 aliphatic rings. The summed E-state index contributed by atoms with van der Waals surface area (Å²) in [5.41, 5.74) is 0.664. The van der Waals surface area contributed by atoms with Gasteiger partial charge in [0.05, 0.1) is 0 Å². The highest BCUT2D eigenvalue weighted by atomic mass is 79.9. The van der Waals surface area contributed by atoms with Crippen molar-refractivity contribution < 1.29 is 13.9 Å². The standard InChI is InChI=1S/C14H18BrFO2/c1-4-18-14(9(2)3)13(17)7-10-5-11(15)8-12(16)6-10/h5-6,8-9,14H,4,7H2,1-3H3. The number of benzene rings is 1. The highest BCUT2D eigenvalue weighted by Crippen LogP contribution is 2.17. The van der Waals surface area contributed by atoms with Crippen molar-refractivity contribution in [1.82, 2.24) is 0 Å². The van der Waals surface area contributed by atoms with Gasteiger partial charge >= 0.3 is 0 Å². The van der Waals surface area contributed by atoms with Crippen LogP contribution in [-0.2, 0) is 16.0 Å². The molecule has 0 bridgehead atoms. The zero-order valence-electron chi connectivity index (χ0n) is 10.9. The van der Waals surface area contributed by atoms with Crippen molar-refractivity contribution in [1.29, 1.82) is 0 Å². The van der Waals surface area contributed by atoms with E-state index in [1.165, 1.54) is 12.1 Å². The first-order valence-electron chi connectivity index (χ1n) is 6.03. The Hall–Kier alpha value is -0.740. The maximum Gasteiger partial charge on any atom is 0.166 e. The summed E-state index contributed by atoms with van der Waals surface area (Å²) < 4.78 is 19.3. The normalized spacial score (nSPS) is 12.8. The minimum absolute atomic E-state index is 0.00986. The van der Waals surface area contributed by atoms with Gasteiger partial charge in [-0.15, -0.1) is 0 Å². The third-order valence-electron chi connectivity index (χ3n) is 2.57. The Bertz CT molecular complexity index is 398. The lowest BCUT2D eigenvalue weighted by atomic mass is 9.98. The van der Waals surface area contributed by atoms with Crippen molar-refractivity contribution in [3.05, 3.63) is 34.1 Å². The van der Waals surface area contributed by atoms with Crippen molar-refractivity contribution in [3.63, 3.8) is 0 Å². The lowest BCUT2D eigenvalue weighted by Gasteiger charge is -2.19. The Balaban J connectivity index is 2.78. The second-order valence-corrected chi connectivity index (χ2v) is 5.46. The van der Waals surface area contributed by atoms with Gasteiger partial charge in [0.1, 0.15) is 11.9 Å². The predicted molar refractivity (Wildman–Crippen MR) is 73.1 cm³/mol. The Morgan fingerprint density at radius 2 is 2.06 bits per heavy atom. The number of carbonyl (C=O) groups is 1. The SMILES string of the molecule is CCOC(C(=O)Cc1cc(F)cc(Br)c1)C(C)C. The molecule has 0 amide bonds. The van der Waals surface area contributed by atoms with Gasteiger partial charge < -0.3 is 4.74 Å². The third kappa shape index (κ3) is 4.50. The van der Waals surface area contributed by atoms with Gasteiger partial charge in [-0.1, -0.05) is 29.8 Å². The van der Waals surface area contributed by atoms with Gasteiger partial charge in [-0.25, -0.2) is 4.39 Å². The molecule has 0 aromatic heterocycles. The van der Waals surface area contributed by atoms with E-state index >= 15 is 0 Å². The molecule has 1 atom stereocenters. The first-order valence-corrected chi connectivity index (χ1v) is 6.82. The second kappa shape index (κ2) is 7.00. The molecule has 0 fully saturated rings. The Kier molecular flexibility index (Phi) is 5.96. The fourth-order valence-electron chi connectivity index (χ4n) is 1.85. The van der Waals surface area contributed by atoms with E-state index in [1.54, 1.807) is 6.07 Å². The third-order valence-corrected chi connectivity index (χ3v) is 3.03. The number of hydrogen-bond donors (Lipinski definition) is 0. The second-order valence-electron chi connectivity index (χ2n) is 4.54. The Morgan fingerprint density at radius 3 is 2.56 bits per heavy atom. The van der Waals surface area contributed by atoms with Crippen LogP contribution in [0.25, 0.3) is 0 Å². The van der Waals surface area contributed by atoms with Crippen LogP contribution in [0.3, 0.4) is 0 Å². The number of hydrogen-bond acceptors (Lipinski definition) is 2. The number of rotatable bonds is 6. The van der Waals surface area contributed by atoms with Crippen LogP contribution in [0.1, 0.15) is 26.3 Å². The molecule has 0 saturated heterocycles. The summed E-state index contributed by atoms with van der Waals surface area (Å²) in [7, 11) is 0. The molecule has 1 aromatic carbocycles. The first-order chi connectivity index (χ1) is 8.43. The van der Waals surface area contributed by atoms with Gasteiger partial charge in [-0.2, -0.15) is 0 Å². The average Bonchev–Trinajstić information content (AvgIpc) is 2.23. The van der Waals surface area contributed by atoms with Gasteiger partial charge in [0.15, 0.2) is 5.78 Å². The molecule has 18 heavy (non-hydrogen) atoms. The van der Waals surface area contributed by atoms with E-state index in [4.69, 9.17) is 4.74 Å². The smallest absolute Gasteiger partial charge is 0.166 e. The van der Waals surface area contributed by atoms with E-state index in [0.29, 0.717) is 16.6 Å². The quantitative estimate of drug-likeness (QED) is 0.798. The maximum atomic E-state index is 13.2. The van der Waals surface area contributed by atoms with Crippen LogP contribution >= 0.6 is 15.9 Å². The van der Waals surface area contributed by atoms with Crippen LogP contribution < -0.4 is 0 Å². The molecule has 0 heterocycles. The number of ether oxygens (including phenoxy) is 1. The van der Waals surface area contributed by atoms with E-state index in [1.807, 2.05) is 20.8 Å². The molecule has 0 N–H and O–H groups in total. The minimum atomic E-state index is -0.419. The fraction of sp³-hybridized carbons (Fsp3) is 0.500. The van der Waals surface area contributed by atoms with E-state index in [2.05, 4.69) is 15.9 Å². The largest absolute Gasteiger partial charge is 0.370 e. The predicted octanol–water partition coefficient (Wildman–Crippen LogP) is 3.76. The van der Waals surface area contributed by atoms with Gasteiger partial charge in [0, 0.05) is 17.5 Å². The summed E-state index contributed by atoms with van der Waals surface area (Å²) in [5.74, 6) is -0.233. The molecular weight excluding hydrogens is 299 g/mol. The fourth-order valence-corrected chi connectivity index (χ4v) is 2.36. The molecule has 100 valence electrons. The van der Waals surface area contributed by atoms with Crippen molar-refractivity contribution in [2.24, 2.45) is 5.92 Å². The van der Waals surface area contributed by atoms with Crippen molar-refractivity contribution in [2.45, 2.75) is 33.3 Å². The number of ketones is 1. The van der Waals surface area contributed by atoms with Crippen molar-refractivity contribution in [3.8, 4) is 0 Å². The summed E-state index contributed by atoms with van der Waals surface area (Å²) in [6, 6.07) is 4.51. The van der Waals surface area contributed by atoms with E-state index in [0.717, 1.165) is 0 Å². The first kappa shape index (κ1) is 15.3. The number of Topliss-reactive ketones (excluding diaryl/α,β-unsaturated/α-hetero) is 1. The highest BCUT2D eigenvalue weighted by Gasteiger charge is 2.22. The molecule has 0 saturated carbocycles. The Labute approximate surface area is 116 Å². The van der Waals surface area contributed by atoms with Crippen LogP contribution in [0.5, 0.6) is 0 Å². The van der Waals surface area contributed by atoms with Crippen molar-refractivity contribution >= 4 is 21.7 Å². The molecule has 1 aromatic rings. The highest BCUT2D eigenvalue weighted by molar-refractivity contribution is 9.10. The van der Waals surface area contributed by atoms with Crippen LogP contribution in [-0.4, -0.2) is 18.5 Å². The number of carbonyl (C=O) groups excluding carboxylic acids is 1. The molecular formula is C14H18BrFO2. The molecule has 4 heteroatoms. The summed E-state index contributed by atoms with van der Waals surface area (Å²) in [4.78, 5) is 12.1. The zero-order chi connectivity index (χ0) is 13.7. The van der Waals surface area contributed by atoms with Gasteiger partial charge in [-0.3, -0.25) is 4.79 Å². The van der Waals surface area contributed by atoms with Crippen molar-refractivity contribution in [2.75, 3.05) is 6.61 Å². The molecule has 1 unspecified atom stereocenters. The van der Waals surface area contributed by atoms with E-state index in [-0.39, 0.29) is 23.9 Å². The molecule has 1 rings (SSSR count). The molecule has 0 radical (unpaired) electrons. The molecule has 0 spiro atoms. The van der Waals surface area contributed by atoms with Crippen LogP contribution in [0.2, 0.25) is 0 Å².